The molecule has 0 spiro atoms. The maximum Gasteiger partial charge on any atom is 0.230 e. The second-order valence-electron chi connectivity index (χ2n) is 2.47. The lowest BCUT2D eigenvalue weighted by molar-refractivity contribution is 0.809. The predicted molar refractivity (Wildman–Crippen MR) is 47.6 cm³/mol. The molecule has 2 nitrogen and oxygen atoms in total. The molecule has 1 aliphatic rings. The fourth-order valence-electron chi connectivity index (χ4n) is 1.05. The van der Waals surface area contributed by atoms with Crippen molar-refractivity contribution < 1.29 is 4.39 Å². The van der Waals surface area contributed by atoms with Gasteiger partial charge >= 0.3 is 0 Å². The van der Waals surface area contributed by atoms with E-state index in [1.165, 1.54) is 6.08 Å². The van der Waals surface area contributed by atoms with E-state index in [0.29, 0.717) is 0 Å². The summed E-state index contributed by atoms with van der Waals surface area (Å²) in [6, 6.07) is 7.52. The van der Waals surface area contributed by atoms with E-state index in [1.807, 2.05) is 24.3 Å². The average Bonchev–Trinajstić information content (AvgIpc) is 2.29. The van der Waals surface area contributed by atoms with E-state index in [0.717, 1.165) is 11.3 Å². The van der Waals surface area contributed by atoms with Crippen molar-refractivity contribution in [1.29, 1.82) is 0 Å². The Labute approximate surface area is 69.4 Å². The first kappa shape index (κ1) is 7.03. The number of hydrogen-bond donors (Lipinski definition) is 1. The molecule has 0 aromatic heterocycles. The highest BCUT2D eigenvalue weighted by Gasteiger charge is 2.01. The van der Waals surface area contributed by atoms with Gasteiger partial charge in [-0.2, -0.15) is 4.39 Å². The van der Waals surface area contributed by atoms with Crippen molar-refractivity contribution in [2.45, 2.75) is 0 Å². The van der Waals surface area contributed by atoms with Crippen LogP contribution in [0.1, 0.15) is 5.56 Å². The number of nitrogens with one attached hydrogen (secondary N) is 1. The highest BCUT2D eigenvalue weighted by atomic mass is 19.1. The molecule has 1 aromatic carbocycles. The molecule has 0 bridgehead atoms. The Hall–Kier alpha value is -1.64. The molecule has 1 aromatic rings. The van der Waals surface area contributed by atoms with Crippen LogP contribution < -0.4 is 5.43 Å². The van der Waals surface area contributed by atoms with Gasteiger partial charge in [-0.15, -0.1) is 5.10 Å². The molecule has 1 heterocycles. The first-order chi connectivity index (χ1) is 5.86. The van der Waals surface area contributed by atoms with E-state index >= 15 is 0 Å². The summed E-state index contributed by atoms with van der Waals surface area (Å²) >= 11 is 0. The van der Waals surface area contributed by atoms with E-state index in [1.54, 1.807) is 6.08 Å². The van der Waals surface area contributed by atoms with E-state index in [9.17, 15) is 4.39 Å². The number of para-hydroxylation sites is 1. The van der Waals surface area contributed by atoms with Gasteiger partial charge in [0.1, 0.15) is 0 Å². The number of fused-ring (bicyclic) bond motifs is 1. The lowest BCUT2D eigenvalue weighted by atomic mass is 10.2. The molecule has 0 fully saturated rings. The maximum absolute atomic E-state index is 12.6. The summed E-state index contributed by atoms with van der Waals surface area (Å²) < 4.78 is 12.6. The molecule has 0 saturated carbocycles. The Bertz CT molecular complexity index is 355. The van der Waals surface area contributed by atoms with Crippen molar-refractivity contribution in [3.05, 3.63) is 35.9 Å². The number of hydrazone groups is 1. The monoisotopic (exact) mass is 162 g/mol. The molecule has 0 saturated heterocycles. The number of hydrogen-bond acceptors (Lipinski definition) is 2. The van der Waals surface area contributed by atoms with Crippen molar-refractivity contribution in [3.8, 4) is 0 Å². The molecule has 0 amide bonds. The Morgan fingerprint density at radius 1 is 1.17 bits per heavy atom. The van der Waals surface area contributed by atoms with E-state index < -0.39 is 5.97 Å². The number of halogens is 1. The van der Waals surface area contributed by atoms with Crippen molar-refractivity contribution in [2.75, 3.05) is 5.43 Å². The second kappa shape index (κ2) is 2.77. The van der Waals surface area contributed by atoms with Crippen LogP contribution in [0.3, 0.4) is 0 Å². The predicted octanol–water partition coefficient (Wildman–Crippen LogP) is 2.41. The van der Waals surface area contributed by atoms with Crippen LogP contribution in [-0.2, 0) is 0 Å². The minimum absolute atomic E-state index is 0.508. The Morgan fingerprint density at radius 2 is 2.00 bits per heavy atom. The Kier molecular flexibility index (Phi) is 1.63. The summed E-state index contributed by atoms with van der Waals surface area (Å²) in [6.07, 6.45) is 3.02. The fourth-order valence-corrected chi connectivity index (χ4v) is 1.05. The summed E-state index contributed by atoms with van der Waals surface area (Å²) in [5.41, 5.74) is 4.38. The highest BCUT2D eigenvalue weighted by Crippen LogP contribution is 2.18. The number of nitrogens with zero attached hydrogens (tertiary/aromatic N) is 1. The van der Waals surface area contributed by atoms with Crippen LogP contribution in [-0.4, -0.2) is 5.97 Å². The number of rotatable bonds is 0. The molecule has 2 rings (SSSR count). The summed E-state index contributed by atoms with van der Waals surface area (Å²) in [5.74, 6) is -0.508. The molecule has 12 heavy (non-hydrogen) atoms. The van der Waals surface area contributed by atoms with Gasteiger partial charge in [0.15, 0.2) is 0 Å². The third-order valence-electron chi connectivity index (χ3n) is 1.64. The fraction of sp³-hybridized carbons (Fsp3) is 0. The molecule has 1 aliphatic heterocycles. The minimum Gasteiger partial charge on any atom is -0.275 e. The molecule has 3 heteroatoms. The van der Waals surface area contributed by atoms with Crippen molar-refractivity contribution in [1.82, 2.24) is 0 Å². The third kappa shape index (κ3) is 1.21. The molecule has 0 atom stereocenters. The van der Waals surface area contributed by atoms with E-state index in [4.69, 9.17) is 0 Å². The maximum atomic E-state index is 12.6. The van der Waals surface area contributed by atoms with Gasteiger partial charge in [0, 0.05) is 0 Å². The number of benzene rings is 1. The zero-order valence-electron chi connectivity index (χ0n) is 6.29. The number of anilines is 1. The zero-order chi connectivity index (χ0) is 8.39. The first-order valence-corrected chi connectivity index (χ1v) is 3.62. The summed E-state index contributed by atoms with van der Waals surface area (Å²) in [5, 5.41) is 3.48. The van der Waals surface area contributed by atoms with Gasteiger partial charge < -0.3 is 0 Å². The van der Waals surface area contributed by atoms with Crippen LogP contribution in [0, 0.1) is 0 Å². The van der Waals surface area contributed by atoms with Gasteiger partial charge in [-0.1, -0.05) is 18.2 Å². The summed E-state index contributed by atoms with van der Waals surface area (Å²) in [6.45, 7) is 0. The summed E-state index contributed by atoms with van der Waals surface area (Å²) in [4.78, 5) is 0. The Balaban J connectivity index is 2.48. The van der Waals surface area contributed by atoms with Crippen LogP contribution >= 0.6 is 0 Å². The lowest BCUT2D eigenvalue weighted by Crippen LogP contribution is -1.90. The first-order valence-electron chi connectivity index (χ1n) is 3.62. The zero-order valence-corrected chi connectivity index (χ0v) is 6.29. The average molecular weight is 162 g/mol. The van der Waals surface area contributed by atoms with Gasteiger partial charge in [0.25, 0.3) is 0 Å². The summed E-state index contributed by atoms with van der Waals surface area (Å²) in [7, 11) is 0. The van der Waals surface area contributed by atoms with Gasteiger partial charge in [0.05, 0.1) is 5.69 Å². The third-order valence-corrected chi connectivity index (χ3v) is 1.64. The van der Waals surface area contributed by atoms with Crippen molar-refractivity contribution >= 4 is 17.7 Å². The second-order valence-corrected chi connectivity index (χ2v) is 2.47. The smallest absolute Gasteiger partial charge is 0.230 e. The molecule has 0 aliphatic carbocycles. The van der Waals surface area contributed by atoms with Gasteiger partial charge in [-0.05, 0) is 23.8 Å². The Morgan fingerprint density at radius 3 is 2.92 bits per heavy atom. The SMILES string of the molecule is FC1=NNc2ccccc2C=C1. The van der Waals surface area contributed by atoms with Crippen molar-refractivity contribution in [3.63, 3.8) is 0 Å². The molecule has 0 unspecified atom stereocenters. The van der Waals surface area contributed by atoms with Crippen LogP contribution in [0.4, 0.5) is 10.1 Å². The molecular weight excluding hydrogens is 155 g/mol. The van der Waals surface area contributed by atoms with Gasteiger partial charge in [-0.3, -0.25) is 5.43 Å². The number of allylic oxidation sites excluding steroid dienone is 1. The molecular formula is C9H7FN2. The molecule has 60 valence electrons. The standard InChI is InChI=1S/C9H7FN2/c10-9-6-5-7-3-1-2-4-8(7)11-12-9/h1-6,11H. The quantitative estimate of drug-likeness (QED) is 0.622. The van der Waals surface area contributed by atoms with Crippen LogP contribution in [0.25, 0.3) is 6.08 Å². The van der Waals surface area contributed by atoms with Crippen LogP contribution in [0.5, 0.6) is 0 Å². The minimum atomic E-state index is -0.508. The molecule has 0 radical (unpaired) electrons. The topological polar surface area (TPSA) is 24.4 Å². The van der Waals surface area contributed by atoms with Crippen LogP contribution in [0.2, 0.25) is 0 Å². The van der Waals surface area contributed by atoms with Crippen LogP contribution in [0.15, 0.2) is 35.4 Å². The highest BCUT2D eigenvalue weighted by molar-refractivity contribution is 5.93. The largest absolute Gasteiger partial charge is 0.275 e. The normalized spacial score (nSPS) is 14.2. The van der Waals surface area contributed by atoms with Gasteiger partial charge in [-0.25, -0.2) is 0 Å². The van der Waals surface area contributed by atoms with E-state index in [2.05, 4.69) is 10.5 Å². The van der Waals surface area contributed by atoms with Crippen molar-refractivity contribution in [2.24, 2.45) is 5.10 Å². The van der Waals surface area contributed by atoms with E-state index in [-0.39, 0.29) is 0 Å². The van der Waals surface area contributed by atoms with Gasteiger partial charge in [0.2, 0.25) is 5.97 Å². The molecule has 1 N–H and O–H groups in total. The lowest BCUT2D eigenvalue weighted by Gasteiger charge is -2.00.